The number of carbonyl (C=O) groups excluding carboxylic acids is 1. The molecule has 0 spiro atoms. The molecule has 2 N–H and O–H groups in total. The molecule has 130 valence electrons. The molecule has 1 aromatic carbocycles. The number of fused-ring (bicyclic) bond motifs is 9. The van der Waals surface area contributed by atoms with Gasteiger partial charge in [0.05, 0.1) is 0 Å². The highest BCUT2D eigenvalue weighted by atomic mass is 32.1. The van der Waals surface area contributed by atoms with Crippen molar-refractivity contribution in [1.29, 1.82) is 0 Å². The Balaban J connectivity index is 1.16. The Morgan fingerprint density at radius 2 is 1.80 bits per heavy atom. The Morgan fingerprint density at radius 3 is 2.60 bits per heavy atom. The number of nitrogens with one attached hydrogen (secondary N) is 2. The predicted octanol–water partition coefficient (Wildman–Crippen LogP) is 3.39. The number of benzene rings is 1. The van der Waals surface area contributed by atoms with Crippen molar-refractivity contribution >= 4 is 23.2 Å². The van der Waals surface area contributed by atoms with E-state index in [4.69, 9.17) is 12.2 Å². The third-order valence-electron chi connectivity index (χ3n) is 7.20. The number of rotatable bonds is 3. The molecule has 1 amide bonds. The minimum Gasteiger partial charge on any atom is -0.362 e. The van der Waals surface area contributed by atoms with Crippen molar-refractivity contribution in [3.63, 3.8) is 0 Å². The van der Waals surface area contributed by atoms with Gasteiger partial charge in [-0.25, -0.2) is 0 Å². The fourth-order valence-electron chi connectivity index (χ4n) is 6.42. The second-order valence-electron chi connectivity index (χ2n) is 8.29. The van der Waals surface area contributed by atoms with E-state index in [2.05, 4.69) is 22.8 Å². The molecule has 4 bridgehead atoms. The topological polar surface area (TPSA) is 41.1 Å². The predicted molar refractivity (Wildman–Crippen MR) is 102 cm³/mol. The lowest BCUT2D eigenvalue weighted by atomic mass is 9.69. The van der Waals surface area contributed by atoms with Gasteiger partial charge in [-0.3, -0.25) is 10.1 Å². The molecule has 3 nitrogen and oxygen atoms in total. The molecular weight excluding hydrogens is 328 g/mol. The van der Waals surface area contributed by atoms with Gasteiger partial charge in [-0.1, -0.05) is 30.4 Å². The Morgan fingerprint density at radius 1 is 1.04 bits per heavy atom. The quantitative estimate of drug-likeness (QED) is 0.498. The molecule has 1 aromatic rings. The lowest BCUT2D eigenvalue weighted by Gasteiger charge is -2.36. The smallest absolute Gasteiger partial charge is 0.257 e. The maximum Gasteiger partial charge on any atom is 0.257 e. The summed E-state index contributed by atoms with van der Waals surface area (Å²) in [6.07, 6.45) is 9.15. The summed E-state index contributed by atoms with van der Waals surface area (Å²) in [7, 11) is 0. The van der Waals surface area contributed by atoms with Crippen molar-refractivity contribution in [1.82, 2.24) is 10.6 Å². The first kappa shape index (κ1) is 15.6. The zero-order valence-corrected chi connectivity index (χ0v) is 15.0. The van der Waals surface area contributed by atoms with E-state index in [1.807, 2.05) is 18.2 Å². The SMILES string of the molecule is O=C(NC(=S)NC[C@@H]1C[C@H]2C[C@@H]1[C@H]1[C@@H]2[C@H]2C=C[C@@H]1C2)c1ccccc1. The van der Waals surface area contributed by atoms with E-state index in [1.54, 1.807) is 12.1 Å². The molecule has 5 rings (SSSR count). The first-order valence-electron chi connectivity index (χ1n) is 9.53. The van der Waals surface area contributed by atoms with E-state index < -0.39 is 0 Å². The summed E-state index contributed by atoms with van der Waals surface area (Å²) in [6.45, 7) is 0.902. The van der Waals surface area contributed by atoms with Crippen LogP contribution in [-0.4, -0.2) is 17.6 Å². The molecule has 4 aliphatic rings. The maximum absolute atomic E-state index is 12.2. The normalized spacial score (nSPS) is 39.4. The van der Waals surface area contributed by atoms with Crippen molar-refractivity contribution in [2.24, 2.45) is 41.4 Å². The fraction of sp³-hybridized carbons (Fsp3) is 0.524. The standard InChI is InChI=1S/C21H24N2OS/c24-20(12-4-2-1-3-5-12)23-21(25)22-11-16-9-15-10-17(16)19-14-7-6-13(8-14)18(15)19/h1-7,13-19H,8-11H2,(H2,22,23,24,25)/t13-,14+,15-,16-,17-,18+,19-/m0/s1. The average Bonchev–Trinajstić information content (AvgIpc) is 3.39. The third-order valence-corrected chi connectivity index (χ3v) is 7.44. The summed E-state index contributed by atoms with van der Waals surface area (Å²) in [6, 6.07) is 9.23. The van der Waals surface area contributed by atoms with Crippen LogP contribution in [0.3, 0.4) is 0 Å². The van der Waals surface area contributed by atoms with Crippen LogP contribution in [0.5, 0.6) is 0 Å². The van der Waals surface area contributed by atoms with Crippen LogP contribution in [0.15, 0.2) is 42.5 Å². The van der Waals surface area contributed by atoms with Crippen LogP contribution >= 0.6 is 12.2 Å². The number of hydrogen-bond acceptors (Lipinski definition) is 2. The zero-order chi connectivity index (χ0) is 17.0. The fourth-order valence-corrected chi connectivity index (χ4v) is 6.60. The van der Waals surface area contributed by atoms with Gasteiger partial charge in [0.15, 0.2) is 5.11 Å². The van der Waals surface area contributed by atoms with E-state index in [1.165, 1.54) is 19.3 Å². The van der Waals surface area contributed by atoms with E-state index in [0.29, 0.717) is 16.6 Å². The Labute approximate surface area is 154 Å². The summed E-state index contributed by atoms with van der Waals surface area (Å²) in [5.41, 5.74) is 0.642. The van der Waals surface area contributed by atoms with Crippen molar-refractivity contribution < 1.29 is 4.79 Å². The van der Waals surface area contributed by atoms with E-state index in [9.17, 15) is 4.79 Å². The van der Waals surface area contributed by atoms with Gasteiger partial charge in [0.25, 0.3) is 5.91 Å². The molecule has 3 saturated carbocycles. The van der Waals surface area contributed by atoms with Gasteiger partial charge in [0.1, 0.15) is 0 Å². The van der Waals surface area contributed by atoms with Crippen LogP contribution in [-0.2, 0) is 0 Å². The van der Waals surface area contributed by atoms with Crippen LogP contribution in [0.2, 0.25) is 0 Å². The summed E-state index contributed by atoms with van der Waals surface area (Å²) in [4.78, 5) is 12.2. The molecule has 7 atom stereocenters. The van der Waals surface area contributed by atoms with Gasteiger partial charge >= 0.3 is 0 Å². The summed E-state index contributed by atoms with van der Waals surface area (Å²) >= 11 is 5.34. The molecule has 0 unspecified atom stereocenters. The Kier molecular flexibility index (Phi) is 3.70. The molecule has 0 radical (unpaired) electrons. The molecule has 0 aliphatic heterocycles. The molecule has 25 heavy (non-hydrogen) atoms. The molecule has 4 heteroatoms. The van der Waals surface area contributed by atoms with Crippen molar-refractivity contribution in [3.05, 3.63) is 48.0 Å². The third kappa shape index (κ3) is 2.53. The van der Waals surface area contributed by atoms with Crippen LogP contribution in [0.1, 0.15) is 29.6 Å². The average molecular weight is 353 g/mol. The van der Waals surface area contributed by atoms with E-state index in [-0.39, 0.29) is 5.91 Å². The van der Waals surface area contributed by atoms with E-state index >= 15 is 0 Å². The highest BCUT2D eigenvalue weighted by molar-refractivity contribution is 7.80. The van der Waals surface area contributed by atoms with Crippen LogP contribution in [0.25, 0.3) is 0 Å². The van der Waals surface area contributed by atoms with Gasteiger partial charge in [0, 0.05) is 12.1 Å². The highest BCUT2D eigenvalue weighted by Gasteiger charge is 2.60. The van der Waals surface area contributed by atoms with Gasteiger partial charge in [0.2, 0.25) is 0 Å². The Hall–Kier alpha value is -1.68. The molecule has 4 aliphatic carbocycles. The molecular formula is C21H24N2OS. The maximum atomic E-state index is 12.2. The van der Waals surface area contributed by atoms with Gasteiger partial charge in [-0.05, 0) is 85.0 Å². The second kappa shape index (κ2) is 5.94. The van der Waals surface area contributed by atoms with Crippen molar-refractivity contribution in [2.45, 2.75) is 19.3 Å². The molecule has 0 saturated heterocycles. The number of carbonyl (C=O) groups is 1. The van der Waals surface area contributed by atoms with Gasteiger partial charge < -0.3 is 5.32 Å². The molecule has 0 heterocycles. The lowest BCUT2D eigenvalue weighted by molar-refractivity contribution is 0.0976. The first-order valence-corrected chi connectivity index (χ1v) is 9.94. The summed E-state index contributed by atoms with van der Waals surface area (Å²) in [5.74, 6) is 5.98. The van der Waals surface area contributed by atoms with E-state index in [0.717, 1.165) is 42.1 Å². The van der Waals surface area contributed by atoms with Gasteiger partial charge in [-0.2, -0.15) is 0 Å². The second-order valence-corrected chi connectivity index (χ2v) is 8.70. The van der Waals surface area contributed by atoms with Crippen LogP contribution in [0, 0.1) is 41.4 Å². The minimum absolute atomic E-state index is 0.135. The highest BCUT2D eigenvalue weighted by Crippen LogP contribution is 2.66. The number of hydrogen-bond donors (Lipinski definition) is 2. The monoisotopic (exact) mass is 352 g/mol. The van der Waals surface area contributed by atoms with Gasteiger partial charge in [-0.15, -0.1) is 0 Å². The number of thiocarbonyl (C=S) groups is 1. The van der Waals surface area contributed by atoms with Crippen LogP contribution in [0.4, 0.5) is 0 Å². The Bertz CT molecular complexity index is 731. The zero-order valence-electron chi connectivity index (χ0n) is 14.2. The summed E-state index contributed by atoms with van der Waals surface area (Å²) in [5, 5.41) is 6.58. The largest absolute Gasteiger partial charge is 0.362 e. The minimum atomic E-state index is -0.135. The summed E-state index contributed by atoms with van der Waals surface area (Å²) < 4.78 is 0. The molecule has 0 aromatic heterocycles. The number of allylic oxidation sites excluding steroid dienone is 2. The van der Waals surface area contributed by atoms with Crippen molar-refractivity contribution in [2.75, 3.05) is 6.54 Å². The van der Waals surface area contributed by atoms with Crippen LogP contribution < -0.4 is 10.6 Å². The molecule has 3 fully saturated rings. The number of amides is 1. The van der Waals surface area contributed by atoms with Crippen molar-refractivity contribution in [3.8, 4) is 0 Å². The lowest BCUT2D eigenvalue weighted by Crippen LogP contribution is -2.43. The first-order chi connectivity index (χ1) is 12.2.